The third-order valence-electron chi connectivity index (χ3n) is 5.10. The minimum Gasteiger partial charge on any atom is -0.393 e. The molecule has 2 N–H and O–H groups in total. The fourth-order valence-corrected chi connectivity index (χ4v) is 3.68. The predicted octanol–water partition coefficient (Wildman–Crippen LogP) is 4.25. The summed E-state index contributed by atoms with van der Waals surface area (Å²) in [4.78, 5) is 6.93. The van der Waals surface area contributed by atoms with Gasteiger partial charge in [-0.3, -0.25) is 0 Å². The summed E-state index contributed by atoms with van der Waals surface area (Å²) in [6.45, 7) is 0.694. The molecule has 0 spiro atoms. The molecule has 1 atom stereocenters. The van der Waals surface area contributed by atoms with Crippen LogP contribution in [0.1, 0.15) is 30.2 Å². The van der Waals surface area contributed by atoms with Crippen LogP contribution in [0.25, 0.3) is 11.3 Å². The number of para-hydroxylation sites is 1. The Morgan fingerprint density at radius 2 is 1.81 bits per heavy atom. The predicted molar refractivity (Wildman–Crippen MR) is 108 cm³/mol. The number of aliphatic hydroxyl groups is 2. The number of hydrogen-bond donors (Lipinski definition) is 2. The zero-order valence-electron chi connectivity index (χ0n) is 15.3. The Bertz CT molecular complexity index is 911. The molecule has 0 amide bonds. The van der Waals surface area contributed by atoms with Gasteiger partial charge in [0.25, 0.3) is 0 Å². The zero-order chi connectivity index (χ0) is 18.6. The highest BCUT2D eigenvalue weighted by atomic mass is 16.3. The van der Waals surface area contributed by atoms with Crippen molar-refractivity contribution in [2.45, 2.75) is 25.4 Å². The van der Waals surface area contributed by atoms with Gasteiger partial charge in [-0.1, -0.05) is 30.3 Å². The van der Waals surface area contributed by atoms with Crippen molar-refractivity contribution in [1.29, 1.82) is 0 Å². The normalized spacial score (nSPS) is 15.1. The fraction of sp³-hybridized carbons (Fsp3) is 0.261. The third-order valence-corrected chi connectivity index (χ3v) is 5.10. The van der Waals surface area contributed by atoms with Crippen LogP contribution in [0.3, 0.4) is 0 Å². The molecule has 4 heteroatoms. The molecule has 0 unspecified atom stereocenters. The second kappa shape index (κ2) is 7.91. The van der Waals surface area contributed by atoms with Crippen LogP contribution in [0.15, 0.2) is 66.7 Å². The summed E-state index contributed by atoms with van der Waals surface area (Å²) in [6.07, 6.45) is 2.43. The van der Waals surface area contributed by atoms with E-state index < -0.39 is 6.10 Å². The summed E-state index contributed by atoms with van der Waals surface area (Å²) in [7, 11) is 0. The highest BCUT2D eigenvalue weighted by Crippen LogP contribution is 2.35. The number of fused-ring (bicyclic) bond motifs is 1. The average Bonchev–Trinajstić information content (AvgIpc) is 2.96. The molecule has 0 fully saturated rings. The van der Waals surface area contributed by atoms with Gasteiger partial charge < -0.3 is 15.1 Å². The molecule has 0 radical (unpaired) electrons. The van der Waals surface area contributed by atoms with E-state index in [0.717, 1.165) is 37.1 Å². The summed E-state index contributed by atoms with van der Waals surface area (Å²) in [5.41, 5.74) is 6.15. The minimum absolute atomic E-state index is 0.327. The number of aliphatic hydroxyl groups excluding tert-OH is 2. The van der Waals surface area contributed by atoms with Crippen molar-refractivity contribution in [1.82, 2.24) is 4.98 Å². The Labute approximate surface area is 159 Å². The van der Waals surface area contributed by atoms with E-state index in [9.17, 15) is 10.2 Å². The number of nitrogens with zero attached hydrogens (tertiary/aromatic N) is 2. The van der Waals surface area contributed by atoms with Crippen molar-refractivity contribution < 1.29 is 10.2 Å². The molecule has 138 valence electrons. The topological polar surface area (TPSA) is 56.6 Å². The number of rotatable bonds is 4. The Morgan fingerprint density at radius 3 is 2.63 bits per heavy atom. The lowest BCUT2D eigenvalue weighted by Gasteiger charge is -2.25. The molecular weight excluding hydrogens is 336 g/mol. The van der Waals surface area contributed by atoms with Crippen molar-refractivity contribution in [3.05, 3.63) is 78.0 Å². The summed E-state index contributed by atoms with van der Waals surface area (Å²) < 4.78 is 0. The SMILES string of the molecule is OC[C@@H](O)c1cccc(-c2ccc3c(c2)CCCCN3c2ccccc2)n1. The summed E-state index contributed by atoms with van der Waals surface area (Å²) in [6, 6.07) is 22.6. The van der Waals surface area contributed by atoms with Crippen LogP contribution in [-0.4, -0.2) is 28.3 Å². The molecule has 1 aromatic heterocycles. The number of pyridine rings is 1. The van der Waals surface area contributed by atoms with Crippen LogP contribution >= 0.6 is 0 Å². The lowest BCUT2D eigenvalue weighted by atomic mass is 10.0. The molecule has 0 bridgehead atoms. The first-order chi connectivity index (χ1) is 13.3. The van der Waals surface area contributed by atoms with Gasteiger partial charge in [0, 0.05) is 23.5 Å². The van der Waals surface area contributed by atoms with Gasteiger partial charge in [0.15, 0.2) is 0 Å². The van der Waals surface area contributed by atoms with E-state index in [0.29, 0.717) is 5.69 Å². The first kappa shape index (κ1) is 17.7. The average molecular weight is 360 g/mol. The van der Waals surface area contributed by atoms with Crippen LogP contribution < -0.4 is 4.90 Å². The Kier molecular flexibility index (Phi) is 5.19. The van der Waals surface area contributed by atoms with Crippen molar-refractivity contribution in [2.75, 3.05) is 18.1 Å². The van der Waals surface area contributed by atoms with E-state index in [1.165, 1.54) is 16.9 Å². The van der Waals surface area contributed by atoms with E-state index in [2.05, 4.69) is 52.3 Å². The molecule has 1 aliphatic heterocycles. The third kappa shape index (κ3) is 3.72. The number of anilines is 2. The summed E-state index contributed by atoms with van der Waals surface area (Å²) >= 11 is 0. The van der Waals surface area contributed by atoms with Gasteiger partial charge in [-0.25, -0.2) is 4.98 Å². The Hall–Kier alpha value is -2.69. The van der Waals surface area contributed by atoms with Crippen LogP contribution in [0.4, 0.5) is 11.4 Å². The van der Waals surface area contributed by atoms with Crippen LogP contribution in [-0.2, 0) is 6.42 Å². The van der Waals surface area contributed by atoms with E-state index in [-0.39, 0.29) is 6.61 Å². The highest BCUT2D eigenvalue weighted by molar-refractivity contribution is 5.72. The van der Waals surface area contributed by atoms with Gasteiger partial charge in [-0.05, 0) is 61.2 Å². The first-order valence-electron chi connectivity index (χ1n) is 9.48. The molecule has 2 heterocycles. The molecule has 0 aliphatic carbocycles. The maximum atomic E-state index is 9.87. The lowest BCUT2D eigenvalue weighted by molar-refractivity contribution is 0.0923. The number of hydrogen-bond acceptors (Lipinski definition) is 4. The standard InChI is InChI=1S/C23H24N2O2/c26-16-23(27)21-11-6-10-20(24-21)17-12-13-22-18(15-17)7-4-5-14-25(22)19-8-2-1-3-9-19/h1-3,6,8-13,15,23,26-27H,4-5,7,14,16H2/t23-/m1/s1. The van der Waals surface area contributed by atoms with Crippen molar-refractivity contribution >= 4 is 11.4 Å². The molecule has 1 aliphatic rings. The van der Waals surface area contributed by atoms with Crippen molar-refractivity contribution in [3.63, 3.8) is 0 Å². The quantitative estimate of drug-likeness (QED) is 0.730. The second-order valence-electron chi connectivity index (χ2n) is 6.93. The largest absolute Gasteiger partial charge is 0.393 e. The monoisotopic (exact) mass is 360 g/mol. The summed E-state index contributed by atoms with van der Waals surface area (Å²) in [5.74, 6) is 0. The molecule has 4 rings (SSSR count). The van der Waals surface area contributed by atoms with Gasteiger partial charge in [-0.15, -0.1) is 0 Å². The van der Waals surface area contributed by atoms with Crippen LogP contribution in [0, 0.1) is 0 Å². The Balaban J connectivity index is 1.72. The minimum atomic E-state index is -0.945. The number of aryl methyl sites for hydroxylation is 1. The number of benzene rings is 2. The smallest absolute Gasteiger partial charge is 0.119 e. The molecule has 27 heavy (non-hydrogen) atoms. The van der Waals surface area contributed by atoms with E-state index in [1.54, 1.807) is 6.07 Å². The van der Waals surface area contributed by atoms with E-state index >= 15 is 0 Å². The number of aromatic nitrogens is 1. The van der Waals surface area contributed by atoms with Crippen molar-refractivity contribution in [3.8, 4) is 11.3 Å². The maximum Gasteiger partial charge on any atom is 0.119 e. The second-order valence-corrected chi connectivity index (χ2v) is 6.93. The van der Waals surface area contributed by atoms with Gasteiger partial charge in [0.2, 0.25) is 0 Å². The molecule has 2 aromatic carbocycles. The van der Waals surface area contributed by atoms with Gasteiger partial charge in [0.1, 0.15) is 6.10 Å². The van der Waals surface area contributed by atoms with Gasteiger partial charge >= 0.3 is 0 Å². The fourth-order valence-electron chi connectivity index (χ4n) is 3.68. The molecule has 0 saturated heterocycles. The van der Waals surface area contributed by atoms with Gasteiger partial charge in [-0.2, -0.15) is 0 Å². The van der Waals surface area contributed by atoms with Gasteiger partial charge in [0.05, 0.1) is 18.0 Å². The lowest BCUT2D eigenvalue weighted by Crippen LogP contribution is -2.17. The molecule has 0 saturated carbocycles. The highest BCUT2D eigenvalue weighted by Gasteiger charge is 2.18. The van der Waals surface area contributed by atoms with Crippen LogP contribution in [0.5, 0.6) is 0 Å². The first-order valence-corrected chi connectivity index (χ1v) is 9.48. The van der Waals surface area contributed by atoms with Crippen LogP contribution in [0.2, 0.25) is 0 Å². The van der Waals surface area contributed by atoms with E-state index in [4.69, 9.17) is 0 Å². The zero-order valence-corrected chi connectivity index (χ0v) is 15.3. The van der Waals surface area contributed by atoms with Crippen molar-refractivity contribution in [2.24, 2.45) is 0 Å². The summed E-state index contributed by atoms with van der Waals surface area (Å²) in [5, 5.41) is 19.1. The van der Waals surface area contributed by atoms with E-state index in [1.807, 2.05) is 18.2 Å². The maximum absolute atomic E-state index is 9.87. The molecule has 4 nitrogen and oxygen atoms in total. The molecule has 3 aromatic rings. The molecular formula is C23H24N2O2. The Morgan fingerprint density at radius 1 is 0.963 bits per heavy atom.